The molecule has 0 saturated heterocycles. The number of methoxy groups -OCH3 is 1. The number of nitriles is 1. The predicted molar refractivity (Wildman–Crippen MR) is 112 cm³/mol. The number of carbonyl (C=O) groups is 1. The van der Waals surface area contributed by atoms with Gasteiger partial charge in [0.05, 0.1) is 25.3 Å². The Morgan fingerprint density at radius 2 is 1.89 bits per heavy atom. The maximum absolute atomic E-state index is 12.9. The summed E-state index contributed by atoms with van der Waals surface area (Å²) in [5.41, 5.74) is 2.43. The minimum atomic E-state index is -0.0799. The van der Waals surface area contributed by atoms with Crippen LogP contribution in [0.15, 0.2) is 72.1 Å². The third-order valence-electron chi connectivity index (χ3n) is 4.25. The van der Waals surface area contributed by atoms with Crippen LogP contribution in [0, 0.1) is 11.3 Å². The van der Waals surface area contributed by atoms with Crippen LogP contribution in [0.2, 0.25) is 0 Å². The Kier molecular flexibility index (Phi) is 6.61. The number of carbonyl (C=O) groups excluding carboxylic acids is 1. The largest absolute Gasteiger partial charge is 0.496 e. The molecule has 28 heavy (non-hydrogen) atoms. The molecule has 2 aromatic carbocycles. The Morgan fingerprint density at radius 1 is 1.11 bits per heavy atom. The van der Waals surface area contributed by atoms with Crippen molar-refractivity contribution in [3.8, 4) is 11.8 Å². The average molecular weight is 388 g/mol. The van der Waals surface area contributed by atoms with Crippen molar-refractivity contribution in [2.75, 3.05) is 7.11 Å². The molecular formula is C23H20N2O2S. The summed E-state index contributed by atoms with van der Waals surface area (Å²) in [4.78, 5) is 15.8. The van der Waals surface area contributed by atoms with Gasteiger partial charge in [-0.2, -0.15) is 5.26 Å². The van der Waals surface area contributed by atoms with E-state index in [-0.39, 0.29) is 5.91 Å². The smallest absolute Gasteiger partial charge is 0.247 e. The molecule has 4 nitrogen and oxygen atoms in total. The van der Waals surface area contributed by atoms with E-state index in [0.717, 1.165) is 21.8 Å². The molecule has 0 bridgehead atoms. The fraction of sp³-hybridized carbons (Fsp3) is 0.130. The van der Waals surface area contributed by atoms with Crippen molar-refractivity contribution >= 4 is 23.3 Å². The van der Waals surface area contributed by atoms with Crippen LogP contribution in [0.25, 0.3) is 6.08 Å². The first-order valence-electron chi connectivity index (χ1n) is 8.81. The van der Waals surface area contributed by atoms with Crippen LogP contribution in [0.3, 0.4) is 0 Å². The van der Waals surface area contributed by atoms with Crippen molar-refractivity contribution in [1.29, 1.82) is 5.26 Å². The molecule has 1 heterocycles. The second-order valence-electron chi connectivity index (χ2n) is 6.15. The van der Waals surface area contributed by atoms with Crippen LogP contribution in [0.5, 0.6) is 5.75 Å². The number of hydrogen-bond acceptors (Lipinski definition) is 4. The molecule has 0 spiro atoms. The van der Waals surface area contributed by atoms with Gasteiger partial charge in [-0.15, -0.1) is 11.3 Å². The lowest BCUT2D eigenvalue weighted by atomic mass is 10.1. The molecular weight excluding hydrogens is 368 g/mol. The molecule has 3 aromatic rings. The van der Waals surface area contributed by atoms with Gasteiger partial charge < -0.3 is 9.64 Å². The molecule has 0 N–H and O–H groups in total. The molecule has 0 saturated carbocycles. The van der Waals surface area contributed by atoms with E-state index in [1.807, 2.05) is 53.9 Å². The van der Waals surface area contributed by atoms with Crippen molar-refractivity contribution in [2.45, 2.75) is 13.1 Å². The number of ether oxygens (including phenoxy) is 1. The molecule has 1 amide bonds. The normalized spacial score (nSPS) is 10.6. The number of hydrogen-bond donors (Lipinski definition) is 0. The van der Waals surface area contributed by atoms with Gasteiger partial charge in [-0.1, -0.05) is 36.4 Å². The second-order valence-corrected chi connectivity index (χ2v) is 7.18. The first-order valence-corrected chi connectivity index (χ1v) is 9.69. The van der Waals surface area contributed by atoms with Crippen LogP contribution in [0.1, 0.15) is 21.6 Å². The van der Waals surface area contributed by atoms with Gasteiger partial charge >= 0.3 is 0 Å². The fourth-order valence-electron chi connectivity index (χ4n) is 2.78. The molecule has 0 aliphatic heterocycles. The van der Waals surface area contributed by atoms with E-state index in [0.29, 0.717) is 18.7 Å². The summed E-state index contributed by atoms with van der Waals surface area (Å²) in [5, 5.41) is 10.9. The van der Waals surface area contributed by atoms with Crippen molar-refractivity contribution < 1.29 is 9.53 Å². The molecule has 140 valence electrons. The second kappa shape index (κ2) is 9.54. The van der Waals surface area contributed by atoms with Gasteiger partial charge in [0.25, 0.3) is 0 Å². The Balaban J connectivity index is 1.79. The first kappa shape index (κ1) is 19.4. The van der Waals surface area contributed by atoms with E-state index < -0.39 is 0 Å². The summed E-state index contributed by atoms with van der Waals surface area (Å²) in [6, 6.07) is 21.0. The highest BCUT2D eigenvalue weighted by atomic mass is 32.1. The van der Waals surface area contributed by atoms with E-state index in [1.165, 1.54) is 0 Å². The zero-order chi connectivity index (χ0) is 19.8. The van der Waals surface area contributed by atoms with Crippen molar-refractivity contribution in [2.24, 2.45) is 0 Å². The molecule has 0 radical (unpaired) electrons. The average Bonchev–Trinajstić information content (AvgIpc) is 3.25. The topological polar surface area (TPSA) is 53.3 Å². The van der Waals surface area contributed by atoms with Crippen LogP contribution in [-0.2, 0) is 17.9 Å². The lowest BCUT2D eigenvalue weighted by molar-refractivity contribution is -0.127. The minimum Gasteiger partial charge on any atom is -0.496 e. The van der Waals surface area contributed by atoms with Gasteiger partial charge in [0.2, 0.25) is 5.91 Å². The maximum atomic E-state index is 12.9. The van der Waals surface area contributed by atoms with E-state index in [2.05, 4.69) is 6.07 Å². The van der Waals surface area contributed by atoms with Crippen molar-refractivity contribution in [1.82, 2.24) is 4.90 Å². The number of rotatable bonds is 7. The molecule has 0 aliphatic rings. The van der Waals surface area contributed by atoms with E-state index in [4.69, 9.17) is 10.00 Å². The summed E-state index contributed by atoms with van der Waals surface area (Å²) in [6.07, 6.45) is 3.34. The monoisotopic (exact) mass is 388 g/mol. The Morgan fingerprint density at radius 3 is 2.57 bits per heavy atom. The van der Waals surface area contributed by atoms with Crippen molar-refractivity contribution in [3.63, 3.8) is 0 Å². The number of amides is 1. The summed E-state index contributed by atoms with van der Waals surface area (Å²) >= 11 is 1.63. The third-order valence-corrected chi connectivity index (χ3v) is 5.11. The predicted octanol–water partition coefficient (Wildman–Crippen LogP) is 4.87. The number of nitrogens with zero attached hydrogens (tertiary/aromatic N) is 2. The first-order chi connectivity index (χ1) is 13.7. The highest BCUT2D eigenvalue weighted by molar-refractivity contribution is 7.09. The van der Waals surface area contributed by atoms with Gasteiger partial charge in [0.15, 0.2) is 0 Å². The van der Waals surface area contributed by atoms with Gasteiger partial charge in [-0.05, 0) is 41.3 Å². The highest BCUT2D eigenvalue weighted by Crippen LogP contribution is 2.22. The zero-order valence-electron chi connectivity index (χ0n) is 15.5. The minimum absolute atomic E-state index is 0.0799. The quantitative estimate of drug-likeness (QED) is 0.543. The summed E-state index contributed by atoms with van der Waals surface area (Å²) in [7, 11) is 1.63. The lowest BCUT2D eigenvalue weighted by Gasteiger charge is -2.22. The molecule has 5 heteroatoms. The van der Waals surface area contributed by atoms with E-state index in [9.17, 15) is 4.79 Å². The van der Waals surface area contributed by atoms with Gasteiger partial charge in [0.1, 0.15) is 5.75 Å². The fourth-order valence-corrected chi connectivity index (χ4v) is 3.50. The van der Waals surface area contributed by atoms with Gasteiger partial charge in [-0.25, -0.2) is 0 Å². The lowest BCUT2D eigenvalue weighted by Crippen LogP contribution is -2.28. The van der Waals surface area contributed by atoms with E-state index in [1.54, 1.807) is 47.6 Å². The molecule has 0 atom stereocenters. The van der Waals surface area contributed by atoms with Gasteiger partial charge in [0, 0.05) is 23.1 Å². The van der Waals surface area contributed by atoms with Crippen molar-refractivity contribution in [3.05, 3.63) is 93.7 Å². The summed E-state index contributed by atoms with van der Waals surface area (Å²) in [6.45, 7) is 0.991. The van der Waals surface area contributed by atoms with Crippen LogP contribution >= 0.6 is 11.3 Å². The number of para-hydroxylation sites is 1. The SMILES string of the molecule is COc1ccccc1CN(Cc1cccs1)C(=O)C=Cc1ccc(C#N)cc1. The Hall–Kier alpha value is -3.36. The molecule has 0 unspecified atom stereocenters. The number of benzene rings is 2. The van der Waals surface area contributed by atoms with Crippen LogP contribution < -0.4 is 4.74 Å². The number of thiophene rings is 1. The van der Waals surface area contributed by atoms with E-state index >= 15 is 0 Å². The highest BCUT2D eigenvalue weighted by Gasteiger charge is 2.15. The molecule has 0 fully saturated rings. The molecule has 3 rings (SSSR count). The molecule has 0 aliphatic carbocycles. The van der Waals surface area contributed by atoms with Crippen LogP contribution in [0.4, 0.5) is 0 Å². The Bertz CT molecular complexity index is 986. The summed E-state index contributed by atoms with van der Waals surface area (Å²) in [5.74, 6) is 0.686. The zero-order valence-corrected chi connectivity index (χ0v) is 16.4. The van der Waals surface area contributed by atoms with Crippen LogP contribution in [-0.4, -0.2) is 17.9 Å². The maximum Gasteiger partial charge on any atom is 0.247 e. The summed E-state index contributed by atoms with van der Waals surface area (Å²) < 4.78 is 5.43. The molecule has 1 aromatic heterocycles. The Labute approximate surface area is 168 Å². The third kappa shape index (κ3) is 5.09. The standard InChI is InChI=1S/C23H20N2O2S/c1-27-22-7-3-2-5-20(22)16-25(17-21-6-4-14-28-21)23(26)13-12-18-8-10-19(15-24)11-9-18/h2-14H,16-17H2,1H3. The van der Waals surface area contributed by atoms with Gasteiger partial charge in [-0.3, -0.25) is 4.79 Å².